The van der Waals surface area contributed by atoms with Crippen molar-refractivity contribution in [2.75, 3.05) is 0 Å². The molecule has 0 bridgehead atoms. The monoisotopic (exact) mass is 199 g/mol. The molecule has 0 saturated carbocycles. The fourth-order valence-corrected chi connectivity index (χ4v) is 1.78. The molecule has 1 aromatic heterocycles. The Kier molecular flexibility index (Phi) is 2.42. The van der Waals surface area contributed by atoms with E-state index in [4.69, 9.17) is 0 Å². The highest BCUT2D eigenvalue weighted by molar-refractivity contribution is 5.78. The van der Waals surface area contributed by atoms with Gasteiger partial charge in [-0.1, -0.05) is 24.3 Å². The van der Waals surface area contributed by atoms with Gasteiger partial charge in [-0.3, -0.25) is 4.79 Å². The Hall–Kier alpha value is -1.83. The number of benzene rings is 1. The van der Waals surface area contributed by atoms with Crippen LogP contribution >= 0.6 is 0 Å². The van der Waals surface area contributed by atoms with Gasteiger partial charge < -0.3 is 4.98 Å². The molecule has 2 nitrogen and oxygen atoms in total. The van der Waals surface area contributed by atoms with Crippen LogP contribution < -0.4 is 16.0 Å². The number of hydrogen-bond donors (Lipinski definition) is 1. The first kappa shape index (κ1) is 9.71. The number of para-hydroxylation sites is 1. The molecule has 15 heavy (non-hydrogen) atoms. The van der Waals surface area contributed by atoms with Crippen molar-refractivity contribution in [1.29, 1.82) is 0 Å². The van der Waals surface area contributed by atoms with E-state index in [-0.39, 0.29) is 5.43 Å². The van der Waals surface area contributed by atoms with E-state index in [1.54, 1.807) is 0 Å². The lowest BCUT2D eigenvalue weighted by Gasteiger charge is -1.97. The lowest BCUT2D eigenvalue weighted by molar-refractivity contribution is 1.25. The lowest BCUT2D eigenvalue weighted by Crippen LogP contribution is -2.40. The maximum atomic E-state index is 12.1. The quantitative estimate of drug-likeness (QED) is 0.678. The van der Waals surface area contributed by atoms with Crippen molar-refractivity contribution < 1.29 is 0 Å². The number of hydrogen-bond acceptors (Lipinski definition) is 1. The topological polar surface area (TPSA) is 32.9 Å². The maximum Gasteiger partial charge on any atom is 0.196 e. The SMILES string of the molecule is CC=c1[nH]c2ccccc2c(=O)/c1=C/C. The summed E-state index contributed by atoms with van der Waals surface area (Å²) in [5, 5.41) is 2.38. The zero-order chi connectivity index (χ0) is 10.8. The number of rotatable bonds is 0. The van der Waals surface area contributed by atoms with Crippen molar-refractivity contribution in [2.45, 2.75) is 13.8 Å². The third-order valence-corrected chi connectivity index (χ3v) is 2.55. The van der Waals surface area contributed by atoms with E-state index in [9.17, 15) is 4.79 Å². The molecule has 0 fully saturated rings. The van der Waals surface area contributed by atoms with E-state index < -0.39 is 0 Å². The summed E-state index contributed by atoms with van der Waals surface area (Å²) in [6.07, 6.45) is 3.77. The minimum Gasteiger partial charge on any atom is -0.355 e. The summed E-state index contributed by atoms with van der Waals surface area (Å²) in [6, 6.07) is 7.57. The van der Waals surface area contributed by atoms with E-state index in [2.05, 4.69) is 4.98 Å². The molecule has 76 valence electrons. The summed E-state index contributed by atoms with van der Waals surface area (Å²) in [4.78, 5) is 15.3. The Balaban J connectivity index is 3.17. The third kappa shape index (κ3) is 1.48. The first-order valence-electron chi connectivity index (χ1n) is 5.01. The number of fused-ring (bicyclic) bond motifs is 1. The second kappa shape index (κ2) is 3.73. The van der Waals surface area contributed by atoms with Gasteiger partial charge in [0.05, 0.1) is 0 Å². The van der Waals surface area contributed by atoms with Crippen molar-refractivity contribution in [3.05, 3.63) is 45.1 Å². The summed E-state index contributed by atoms with van der Waals surface area (Å²) in [5.74, 6) is 0. The summed E-state index contributed by atoms with van der Waals surface area (Å²) in [7, 11) is 0. The minimum absolute atomic E-state index is 0.0972. The van der Waals surface area contributed by atoms with E-state index in [0.717, 1.165) is 21.5 Å². The highest BCUT2D eigenvalue weighted by Crippen LogP contribution is 2.01. The van der Waals surface area contributed by atoms with Crippen molar-refractivity contribution >= 4 is 23.1 Å². The Morgan fingerprint density at radius 2 is 1.87 bits per heavy atom. The Morgan fingerprint density at radius 3 is 2.53 bits per heavy atom. The normalized spacial score (nSPS) is 13.7. The maximum absolute atomic E-state index is 12.1. The van der Waals surface area contributed by atoms with Crippen LogP contribution in [0.1, 0.15) is 13.8 Å². The Bertz CT molecular complexity index is 665. The number of nitrogens with one attached hydrogen (secondary N) is 1. The van der Waals surface area contributed by atoms with E-state index in [0.29, 0.717) is 0 Å². The molecule has 2 rings (SSSR count). The molecule has 1 heterocycles. The van der Waals surface area contributed by atoms with Gasteiger partial charge in [-0.15, -0.1) is 0 Å². The Labute approximate surface area is 87.6 Å². The van der Waals surface area contributed by atoms with Gasteiger partial charge in [-0.05, 0) is 26.0 Å². The highest BCUT2D eigenvalue weighted by atomic mass is 16.1. The van der Waals surface area contributed by atoms with Crippen molar-refractivity contribution in [1.82, 2.24) is 4.98 Å². The fraction of sp³-hybridized carbons (Fsp3) is 0.154. The molecule has 0 radical (unpaired) electrons. The molecular weight excluding hydrogens is 186 g/mol. The fourth-order valence-electron chi connectivity index (χ4n) is 1.78. The molecule has 0 unspecified atom stereocenters. The molecule has 0 aliphatic rings. The third-order valence-electron chi connectivity index (χ3n) is 2.55. The molecule has 2 aromatic rings. The van der Waals surface area contributed by atoms with Gasteiger partial charge in [-0.25, -0.2) is 0 Å². The number of aromatic nitrogens is 1. The van der Waals surface area contributed by atoms with Gasteiger partial charge in [0.15, 0.2) is 5.43 Å². The summed E-state index contributed by atoms with van der Waals surface area (Å²) < 4.78 is 0. The first-order valence-corrected chi connectivity index (χ1v) is 5.01. The predicted molar refractivity (Wildman–Crippen MR) is 64.1 cm³/mol. The van der Waals surface area contributed by atoms with Gasteiger partial charge in [0, 0.05) is 21.5 Å². The molecule has 0 aliphatic heterocycles. The van der Waals surface area contributed by atoms with Crippen LogP contribution in [0.5, 0.6) is 0 Å². The summed E-state index contributed by atoms with van der Waals surface area (Å²) in [5.41, 5.74) is 0.987. The summed E-state index contributed by atoms with van der Waals surface area (Å²) in [6.45, 7) is 3.80. The molecule has 1 N–H and O–H groups in total. The van der Waals surface area contributed by atoms with Crippen LogP contribution in [0.3, 0.4) is 0 Å². The molecule has 0 saturated heterocycles. The number of aromatic amines is 1. The van der Waals surface area contributed by atoms with Gasteiger partial charge in [0.25, 0.3) is 0 Å². The highest BCUT2D eigenvalue weighted by Gasteiger charge is 1.99. The van der Waals surface area contributed by atoms with Crippen LogP contribution in [0.2, 0.25) is 0 Å². The molecule has 0 spiro atoms. The second-order valence-corrected chi connectivity index (χ2v) is 3.40. The molecule has 0 aliphatic carbocycles. The van der Waals surface area contributed by atoms with E-state index in [1.165, 1.54) is 0 Å². The molecule has 2 heteroatoms. The van der Waals surface area contributed by atoms with Crippen molar-refractivity contribution in [3.63, 3.8) is 0 Å². The first-order chi connectivity index (χ1) is 7.27. The van der Waals surface area contributed by atoms with Crippen LogP contribution in [0, 0.1) is 0 Å². The van der Waals surface area contributed by atoms with Crippen molar-refractivity contribution in [3.8, 4) is 0 Å². The van der Waals surface area contributed by atoms with Crippen LogP contribution in [0.4, 0.5) is 0 Å². The van der Waals surface area contributed by atoms with Crippen LogP contribution in [0.25, 0.3) is 23.1 Å². The number of pyridine rings is 1. The second-order valence-electron chi connectivity index (χ2n) is 3.40. The van der Waals surface area contributed by atoms with Crippen molar-refractivity contribution in [2.24, 2.45) is 0 Å². The Morgan fingerprint density at radius 1 is 1.13 bits per heavy atom. The van der Waals surface area contributed by atoms with E-state index in [1.807, 2.05) is 50.3 Å². The zero-order valence-corrected chi connectivity index (χ0v) is 8.87. The smallest absolute Gasteiger partial charge is 0.196 e. The molecule has 0 atom stereocenters. The summed E-state index contributed by atoms with van der Waals surface area (Å²) >= 11 is 0. The standard InChI is InChI=1S/C13H13NO/c1-3-9-11(4-2)14-12-8-6-5-7-10(12)13(9)15/h3-8,14H,1-2H3/b9-3+,11-4?. The average molecular weight is 199 g/mol. The zero-order valence-electron chi connectivity index (χ0n) is 8.87. The molecule has 0 amide bonds. The van der Waals surface area contributed by atoms with Gasteiger partial charge >= 0.3 is 0 Å². The van der Waals surface area contributed by atoms with Gasteiger partial charge in [-0.2, -0.15) is 0 Å². The largest absolute Gasteiger partial charge is 0.355 e. The average Bonchev–Trinajstić information content (AvgIpc) is 2.29. The predicted octanol–water partition coefficient (Wildman–Crippen LogP) is 1.13. The van der Waals surface area contributed by atoms with Gasteiger partial charge in [0.1, 0.15) is 0 Å². The number of H-pyrrole nitrogens is 1. The van der Waals surface area contributed by atoms with Gasteiger partial charge in [0.2, 0.25) is 0 Å². The van der Waals surface area contributed by atoms with Crippen LogP contribution in [-0.2, 0) is 0 Å². The van der Waals surface area contributed by atoms with Crippen LogP contribution in [-0.4, -0.2) is 4.98 Å². The minimum atomic E-state index is 0.0972. The molecular formula is C13H13NO. The molecule has 1 aromatic carbocycles. The van der Waals surface area contributed by atoms with Crippen LogP contribution in [0.15, 0.2) is 29.1 Å². The van der Waals surface area contributed by atoms with E-state index >= 15 is 0 Å². The lowest BCUT2D eigenvalue weighted by atomic mass is 10.2.